The van der Waals surface area contributed by atoms with Crippen molar-refractivity contribution < 1.29 is 17.2 Å². The lowest BCUT2D eigenvalue weighted by Gasteiger charge is -2.16. The first-order valence-corrected chi connectivity index (χ1v) is 8.69. The summed E-state index contributed by atoms with van der Waals surface area (Å²) in [6.45, 7) is 0. The van der Waals surface area contributed by atoms with E-state index in [0.29, 0.717) is 11.1 Å². The molecule has 1 atom stereocenters. The second-order valence-corrected chi connectivity index (χ2v) is 8.33. The monoisotopic (exact) mass is 293 g/mol. The first-order valence-electron chi connectivity index (χ1n) is 5.55. The summed E-state index contributed by atoms with van der Waals surface area (Å²) in [7, 11) is -7.44. The summed E-state index contributed by atoms with van der Waals surface area (Å²) >= 11 is 0. The Morgan fingerprint density at radius 1 is 0.895 bits per heavy atom. The van der Waals surface area contributed by atoms with Crippen molar-refractivity contribution in [3.8, 4) is 11.1 Å². The minimum atomic E-state index is -4.29. The molecule has 1 aliphatic carbocycles. The average molecular weight is 293 g/mol. The van der Waals surface area contributed by atoms with Gasteiger partial charge in [0.25, 0.3) is 0 Å². The zero-order chi connectivity index (χ0) is 13.6. The van der Waals surface area contributed by atoms with Gasteiger partial charge in [0.2, 0.25) is 8.87 Å². The van der Waals surface area contributed by atoms with Crippen molar-refractivity contribution in [2.75, 3.05) is 0 Å². The molecule has 1 unspecified atom stereocenters. The van der Waals surface area contributed by atoms with Gasteiger partial charge in [0.15, 0.2) is 0 Å². The molecule has 0 aromatic heterocycles. The minimum absolute atomic E-state index is 0.521. The second kappa shape index (κ2) is 4.26. The summed E-state index contributed by atoms with van der Waals surface area (Å²) in [5.41, 5.74) is 2.59. The van der Waals surface area contributed by atoms with Crippen molar-refractivity contribution in [3.05, 3.63) is 59.7 Å². The molecular weight excluding hydrogens is 284 g/mol. The molecule has 3 rings (SSSR count). The molecule has 19 heavy (non-hydrogen) atoms. The SMILES string of the molecule is O=S([O-])S(=O)(=O)C1c2ccccc2-c2ccccc21. The Morgan fingerprint density at radius 2 is 1.32 bits per heavy atom. The first-order chi connectivity index (χ1) is 9.03. The number of hydrogen-bond acceptors (Lipinski definition) is 4. The summed E-state index contributed by atoms with van der Waals surface area (Å²) < 4.78 is 46.2. The lowest BCUT2D eigenvalue weighted by atomic mass is 10.1. The predicted molar refractivity (Wildman–Crippen MR) is 71.6 cm³/mol. The van der Waals surface area contributed by atoms with Gasteiger partial charge < -0.3 is 4.55 Å². The highest BCUT2D eigenvalue weighted by molar-refractivity contribution is 8.62. The standard InChI is InChI=1S/C13H10O4S2/c14-18(15)19(16,17)13-11-7-3-1-5-9(11)10-6-2-4-8-12(10)13/h1-8,13H,(H,14,15)/p-1. The van der Waals surface area contributed by atoms with Crippen LogP contribution in [0.25, 0.3) is 11.1 Å². The molecular formula is C13H9O4S2-. The van der Waals surface area contributed by atoms with E-state index < -0.39 is 24.2 Å². The predicted octanol–water partition coefficient (Wildman–Crippen LogP) is 1.97. The van der Waals surface area contributed by atoms with Crippen molar-refractivity contribution in [1.82, 2.24) is 0 Å². The van der Waals surface area contributed by atoms with Crippen LogP contribution in [0.3, 0.4) is 0 Å². The Hall–Kier alpha value is -1.50. The molecule has 6 heteroatoms. The molecule has 0 heterocycles. The zero-order valence-corrected chi connectivity index (χ0v) is 11.3. The van der Waals surface area contributed by atoms with E-state index in [1.54, 1.807) is 48.5 Å². The molecule has 0 aliphatic heterocycles. The molecule has 0 bridgehead atoms. The Balaban J connectivity index is 2.36. The molecule has 0 N–H and O–H groups in total. The highest BCUT2D eigenvalue weighted by Crippen LogP contribution is 2.47. The summed E-state index contributed by atoms with van der Waals surface area (Å²) in [4.78, 5) is 0. The number of fused-ring (bicyclic) bond motifs is 3. The van der Waals surface area contributed by atoms with Crippen molar-refractivity contribution in [2.24, 2.45) is 0 Å². The smallest absolute Gasteiger partial charge is 0.228 e. The van der Waals surface area contributed by atoms with Gasteiger partial charge in [0.1, 0.15) is 5.25 Å². The van der Waals surface area contributed by atoms with Crippen LogP contribution >= 0.6 is 0 Å². The summed E-state index contributed by atoms with van der Waals surface area (Å²) in [5, 5.41) is -1.13. The Morgan fingerprint density at radius 3 is 1.74 bits per heavy atom. The zero-order valence-electron chi connectivity index (χ0n) is 9.65. The van der Waals surface area contributed by atoms with E-state index in [-0.39, 0.29) is 0 Å². The normalized spacial score (nSPS) is 15.8. The van der Waals surface area contributed by atoms with E-state index in [0.717, 1.165) is 11.1 Å². The van der Waals surface area contributed by atoms with Crippen LogP contribution in [0, 0.1) is 0 Å². The maximum Gasteiger partial charge on any atom is 0.228 e. The van der Waals surface area contributed by atoms with E-state index in [1.807, 2.05) is 0 Å². The number of hydrogen-bond donors (Lipinski definition) is 0. The van der Waals surface area contributed by atoms with Gasteiger partial charge in [-0.1, -0.05) is 48.5 Å². The fourth-order valence-electron chi connectivity index (χ4n) is 2.50. The van der Waals surface area contributed by atoms with Gasteiger partial charge in [-0.05, 0) is 22.3 Å². The molecule has 0 saturated heterocycles. The molecule has 2 aromatic rings. The van der Waals surface area contributed by atoms with Crippen LogP contribution in [-0.2, 0) is 19.0 Å². The van der Waals surface area contributed by atoms with E-state index in [9.17, 15) is 17.2 Å². The largest absolute Gasteiger partial charge is 0.760 e. The van der Waals surface area contributed by atoms with Gasteiger partial charge in [-0.15, -0.1) is 0 Å². The maximum atomic E-state index is 12.0. The van der Waals surface area contributed by atoms with E-state index in [1.165, 1.54) is 0 Å². The quantitative estimate of drug-likeness (QED) is 0.626. The molecule has 0 amide bonds. The highest BCUT2D eigenvalue weighted by Gasteiger charge is 2.38. The summed E-state index contributed by atoms with van der Waals surface area (Å²) in [5.74, 6) is 0. The van der Waals surface area contributed by atoms with Gasteiger partial charge in [-0.2, -0.15) is 0 Å². The van der Waals surface area contributed by atoms with Gasteiger partial charge in [0, 0.05) is 0 Å². The third-order valence-corrected chi connectivity index (χ3v) is 6.44. The molecule has 0 radical (unpaired) electrons. The van der Waals surface area contributed by atoms with Gasteiger partial charge in [-0.25, -0.2) is 8.42 Å². The third-order valence-electron chi connectivity index (χ3n) is 3.26. The molecule has 0 spiro atoms. The molecule has 2 aromatic carbocycles. The van der Waals surface area contributed by atoms with Crippen LogP contribution in [0.1, 0.15) is 16.4 Å². The minimum Gasteiger partial charge on any atom is -0.760 e. The Bertz CT molecular complexity index is 735. The highest BCUT2D eigenvalue weighted by atomic mass is 33.2. The van der Waals surface area contributed by atoms with E-state index >= 15 is 0 Å². The Kier molecular flexibility index (Phi) is 2.81. The molecule has 1 aliphatic rings. The number of benzene rings is 2. The average Bonchev–Trinajstić information content (AvgIpc) is 2.73. The van der Waals surface area contributed by atoms with Crippen molar-refractivity contribution in [1.29, 1.82) is 0 Å². The van der Waals surface area contributed by atoms with Gasteiger partial charge in [0.05, 0.1) is 10.1 Å². The Labute approximate surface area is 112 Å². The molecule has 98 valence electrons. The lowest BCUT2D eigenvalue weighted by Crippen LogP contribution is -2.17. The van der Waals surface area contributed by atoms with Crippen LogP contribution in [0.5, 0.6) is 0 Å². The lowest BCUT2D eigenvalue weighted by molar-refractivity contribution is 0.539. The van der Waals surface area contributed by atoms with Crippen molar-refractivity contribution in [2.45, 2.75) is 5.25 Å². The fraction of sp³-hybridized carbons (Fsp3) is 0.0769. The van der Waals surface area contributed by atoms with Crippen LogP contribution in [0.15, 0.2) is 48.5 Å². The topological polar surface area (TPSA) is 74.3 Å². The molecule has 4 nitrogen and oxygen atoms in total. The van der Waals surface area contributed by atoms with Crippen LogP contribution in [-0.4, -0.2) is 17.2 Å². The van der Waals surface area contributed by atoms with Crippen molar-refractivity contribution >= 4 is 19.0 Å². The maximum absolute atomic E-state index is 12.0. The first kappa shape index (κ1) is 12.5. The van der Waals surface area contributed by atoms with Crippen LogP contribution < -0.4 is 0 Å². The molecule has 0 saturated carbocycles. The van der Waals surface area contributed by atoms with Crippen LogP contribution in [0.4, 0.5) is 0 Å². The third kappa shape index (κ3) is 1.75. The second-order valence-electron chi connectivity index (χ2n) is 4.25. The number of rotatable bonds is 2. The van der Waals surface area contributed by atoms with Gasteiger partial charge in [-0.3, -0.25) is 4.21 Å². The summed E-state index contributed by atoms with van der Waals surface area (Å²) in [6.07, 6.45) is 0. The van der Waals surface area contributed by atoms with Gasteiger partial charge >= 0.3 is 0 Å². The molecule has 0 fully saturated rings. The van der Waals surface area contributed by atoms with Crippen LogP contribution in [0.2, 0.25) is 0 Å². The van der Waals surface area contributed by atoms with E-state index in [2.05, 4.69) is 0 Å². The summed E-state index contributed by atoms with van der Waals surface area (Å²) in [6, 6.07) is 13.9. The van der Waals surface area contributed by atoms with Crippen molar-refractivity contribution in [3.63, 3.8) is 0 Å². The fourth-order valence-corrected chi connectivity index (χ4v) is 4.78. The van der Waals surface area contributed by atoms with E-state index in [4.69, 9.17) is 0 Å².